The predicted octanol–water partition coefficient (Wildman–Crippen LogP) is 5.70. The highest BCUT2D eigenvalue weighted by molar-refractivity contribution is 9.10. The van der Waals surface area contributed by atoms with Crippen LogP contribution in [-0.4, -0.2) is 10.1 Å². The minimum Gasteiger partial charge on any atom is -0.351 e. The number of halogens is 1. The second-order valence-corrected chi connectivity index (χ2v) is 8.75. The van der Waals surface area contributed by atoms with Crippen LogP contribution in [0, 0.1) is 13.8 Å². The van der Waals surface area contributed by atoms with E-state index in [1.165, 1.54) is 16.0 Å². The van der Waals surface area contributed by atoms with E-state index in [0.717, 1.165) is 21.0 Å². The summed E-state index contributed by atoms with van der Waals surface area (Å²) in [6.07, 6.45) is 1.83. The Balaban J connectivity index is 1.85. The van der Waals surface area contributed by atoms with Crippen LogP contribution in [0.2, 0.25) is 0 Å². The topological polar surface area (TPSA) is 28.2 Å². The fraction of sp³-hybridized carbons (Fsp3) is 0.200. The van der Waals surface area contributed by atoms with Crippen molar-refractivity contribution in [3.05, 3.63) is 80.2 Å². The van der Waals surface area contributed by atoms with Crippen molar-refractivity contribution in [2.45, 2.75) is 25.9 Å². The number of aryl methyl sites for hydroxylation is 2. The Hall–Kier alpha value is -1.76. The van der Waals surface area contributed by atoms with Gasteiger partial charge in [0.2, 0.25) is 0 Å². The Labute approximate surface area is 171 Å². The maximum atomic E-state index is 5.75. The summed E-state index contributed by atoms with van der Waals surface area (Å²) in [5.41, 5.74) is 4.58. The molecule has 3 nitrogen and oxygen atoms in total. The lowest BCUT2D eigenvalue weighted by Gasteiger charge is -2.27. The number of nitrogens with one attached hydrogen (secondary N) is 1. The molecule has 3 heterocycles. The van der Waals surface area contributed by atoms with E-state index >= 15 is 0 Å². The quantitative estimate of drug-likeness (QED) is 0.525. The number of nitrogens with zero attached hydrogens (tertiary/aromatic N) is 2. The van der Waals surface area contributed by atoms with E-state index < -0.39 is 0 Å². The fourth-order valence-electron chi connectivity index (χ4n) is 3.49. The Morgan fingerprint density at radius 2 is 1.92 bits per heavy atom. The smallest absolute Gasteiger partial charge is 0.174 e. The molecule has 3 aromatic rings. The molecule has 1 N–H and O–H groups in total. The van der Waals surface area contributed by atoms with Crippen LogP contribution in [0.4, 0.5) is 5.69 Å². The molecule has 1 saturated heterocycles. The molecule has 0 bridgehead atoms. The first-order chi connectivity index (χ1) is 12.5. The van der Waals surface area contributed by atoms with Gasteiger partial charge in [0.05, 0.1) is 17.8 Å². The summed E-state index contributed by atoms with van der Waals surface area (Å²) >= 11 is 11.1. The largest absolute Gasteiger partial charge is 0.351 e. The molecule has 0 aliphatic carbocycles. The molecule has 6 heteroatoms. The molecular formula is C20H18BrN3S2. The van der Waals surface area contributed by atoms with Crippen LogP contribution in [0.25, 0.3) is 0 Å². The average Bonchev–Trinajstić information content (AvgIpc) is 3.18. The van der Waals surface area contributed by atoms with Crippen LogP contribution in [0.5, 0.6) is 0 Å². The Bertz CT molecular complexity index is 934. The molecule has 0 saturated carbocycles. The van der Waals surface area contributed by atoms with Crippen molar-refractivity contribution < 1.29 is 0 Å². The normalized spacial score (nSPS) is 19.7. The molecule has 1 aliphatic heterocycles. The van der Waals surface area contributed by atoms with Gasteiger partial charge in [-0.2, -0.15) is 0 Å². The predicted molar refractivity (Wildman–Crippen MR) is 116 cm³/mol. The van der Waals surface area contributed by atoms with Gasteiger partial charge in [0.15, 0.2) is 5.11 Å². The Morgan fingerprint density at radius 1 is 1.15 bits per heavy atom. The lowest BCUT2D eigenvalue weighted by atomic mass is 10.0. The highest BCUT2D eigenvalue weighted by atomic mass is 79.9. The van der Waals surface area contributed by atoms with Crippen LogP contribution in [-0.2, 0) is 0 Å². The van der Waals surface area contributed by atoms with Gasteiger partial charge in [0.25, 0.3) is 0 Å². The monoisotopic (exact) mass is 443 g/mol. The van der Waals surface area contributed by atoms with Crippen molar-refractivity contribution >= 4 is 50.3 Å². The average molecular weight is 444 g/mol. The number of thiocarbonyl (C=S) groups is 1. The molecule has 2 atom stereocenters. The van der Waals surface area contributed by atoms with E-state index in [1.54, 1.807) is 11.3 Å². The van der Waals surface area contributed by atoms with Crippen LogP contribution in [0.1, 0.15) is 33.8 Å². The van der Waals surface area contributed by atoms with E-state index in [1.807, 2.05) is 18.3 Å². The molecule has 0 spiro atoms. The third-order valence-corrected chi connectivity index (χ3v) is 6.54. The summed E-state index contributed by atoms with van der Waals surface area (Å²) in [7, 11) is 0. The summed E-state index contributed by atoms with van der Waals surface area (Å²) in [4.78, 5) is 8.06. The molecule has 0 amide bonds. The lowest BCUT2D eigenvalue weighted by Crippen LogP contribution is -2.29. The second-order valence-electron chi connectivity index (χ2n) is 6.51. The zero-order chi connectivity index (χ0) is 18.3. The molecule has 0 unspecified atom stereocenters. The van der Waals surface area contributed by atoms with Crippen molar-refractivity contribution in [3.8, 4) is 0 Å². The summed E-state index contributed by atoms with van der Waals surface area (Å²) in [6, 6.07) is 14.8. The summed E-state index contributed by atoms with van der Waals surface area (Å²) in [5.74, 6) is 0. The highest BCUT2D eigenvalue weighted by Gasteiger charge is 2.41. The molecule has 4 rings (SSSR count). The van der Waals surface area contributed by atoms with E-state index in [-0.39, 0.29) is 12.1 Å². The minimum atomic E-state index is 0.00932. The van der Waals surface area contributed by atoms with Gasteiger partial charge in [-0.15, -0.1) is 11.3 Å². The van der Waals surface area contributed by atoms with Gasteiger partial charge in [-0.25, -0.2) is 0 Å². The summed E-state index contributed by atoms with van der Waals surface area (Å²) in [5, 5.41) is 6.35. The van der Waals surface area contributed by atoms with Gasteiger partial charge < -0.3 is 10.2 Å². The van der Waals surface area contributed by atoms with Crippen LogP contribution >= 0.6 is 39.5 Å². The van der Waals surface area contributed by atoms with Crippen LogP contribution in [0.15, 0.2) is 58.5 Å². The number of hydrogen-bond donors (Lipinski definition) is 1. The number of anilines is 1. The van der Waals surface area contributed by atoms with Gasteiger partial charge in [0.1, 0.15) is 0 Å². The highest BCUT2D eigenvalue weighted by Crippen LogP contribution is 2.44. The molecule has 2 aromatic heterocycles. The Morgan fingerprint density at radius 3 is 2.54 bits per heavy atom. The standard InChI is InChI=1S/C20H18BrN3S2/c1-12-7-13(2)9-15(8-12)24-19(17-10-14(21)11-26-17)18(23-20(24)25)16-5-3-4-6-22-16/h3-11,18-19H,1-2H3,(H,23,25)/t18-,19+/m1/s1. The zero-order valence-electron chi connectivity index (χ0n) is 14.4. The summed E-state index contributed by atoms with van der Waals surface area (Å²) < 4.78 is 1.09. The molecule has 132 valence electrons. The SMILES string of the molecule is Cc1cc(C)cc(N2C(=S)N[C@H](c3ccccn3)[C@@H]2c2cc(Br)cs2)c1. The van der Waals surface area contributed by atoms with Crippen molar-refractivity contribution in [2.75, 3.05) is 4.90 Å². The van der Waals surface area contributed by atoms with Gasteiger partial charge >= 0.3 is 0 Å². The minimum absolute atomic E-state index is 0.00932. The molecule has 1 aromatic carbocycles. The van der Waals surface area contributed by atoms with Crippen molar-refractivity contribution in [1.82, 2.24) is 10.3 Å². The van der Waals surface area contributed by atoms with Gasteiger partial charge in [0, 0.05) is 26.6 Å². The zero-order valence-corrected chi connectivity index (χ0v) is 17.7. The number of thiophene rings is 1. The Kier molecular flexibility index (Phi) is 4.82. The number of benzene rings is 1. The first-order valence-corrected chi connectivity index (χ1v) is 10.4. The maximum absolute atomic E-state index is 5.75. The van der Waals surface area contributed by atoms with E-state index in [4.69, 9.17) is 12.2 Å². The van der Waals surface area contributed by atoms with Crippen molar-refractivity contribution in [1.29, 1.82) is 0 Å². The van der Waals surface area contributed by atoms with E-state index in [0.29, 0.717) is 0 Å². The van der Waals surface area contributed by atoms with Crippen molar-refractivity contribution in [3.63, 3.8) is 0 Å². The number of rotatable bonds is 3. The molecule has 1 fully saturated rings. The lowest BCUT2D eigenvalue weighted by molar-refractivity contribution is 0.575. The van der Waals surface area contributed by atoms with Crippen LogP contribution < -0.4 is 10.2 Å². The molecule has 26 heavy (non-hydrogen) atoms. The van der Waals surface area contributed by atoms with Gasteiger partial charge in [-0.05, 0) is 83.5 Å². The second kappa shape index (κ2) is 7.10. The van der Waals surface area contributed by atoms with Crippen molar-refractivity contribution in [2.24, 2.45) is 0 Å². The molecule has 0 radical (unpaired) electrons. The van der Waals surface area contributed by atoms with Gasteiger partial charge in [-0.3, -0.25) is 4.98 Å². The van der Waals surface area contributed by atoms with Crippen LogP contribution in [0.3, 0.4) is 0 Å². The van der Waals surface area contributed by atoms with Gasteiger partial charge in [-0.1, -0.05) is 12.1 Å². The summed E-state index contributed by atoms with van der Waals surface area (Å²) in [6.45, 7) is 4.24. The first kappa shape index (κ1) is 17.6. The first-order valence-electron chi connectivity index (χ1n) is 8.36. The number of aromatic nitrogens is 1. The molecule has 1 aliphatic rings. The van der Waals surface area contributed by atoms with E-state index in [2.05, 4.69) is 80.7 Å². The maximum Gasteiger partial charge on any atom is 0.174 e. The third-order valence-electron chi connectivity index (χ3n) is 4.46. The number of pyridine rings is 1. The number of hydrogen-bond acceptors (Lipinski definition) is 3. The third kappa shape index (κ3) is 3.29. The molecular weight excluding hydrogens is 426 g/mol. The fourth-order valence-corrected chi connectivity index (χ4v) is 5.41. The van der Waals surface area contributed by atoms with E-state index in [9.17, 15) is 0 Å².